The maximum absolute atomic E-state index is 12.8. The van der Waals surface area contributed by atoms with E-state index in [0.29, 0.717) is 11.1 Å². The third-order valence-electron chi connectivity index (χ3n) is 4.76. The van der Waals surface area contributed by atoms with E-state index in [1.54, 1.807) is 31.4 Å². The predicted molar refractivity (Wildman–Crippen MR) is 110 cm³/mol. The fourth-order valence-corrected chi connectivity index (χ4v) is 3.31. The number of aromatic nitrogens is 1. The normalized spacial score (nSPS) is 11.9. The average molecular weight is 388 g/mol. The molecule has 0 saturated heterocycles. The minimum absolute atomic E-state index is 0.130. The third kappa shape index (κ3) is 3.91. The quantitative estimate of drug-likeness (QED) is 0.549. The van der Waals surface area contributed by atoms with Crippen LogP contribution in [0.3, 0.4) is 0 Å². The topological polar surface area (TPSA) is 73.5 Å². The maximum Gasteiger partial charge on any atom is 0.420 e. The second-order valence-corrected chi connectivity index (χ2v) is 6.61. The molecule has 1 heterocycles. The summed E-state index contributed by atoms with van der Waals surface area (Å²) in [5, 5.41) is 3.04. The van der Waals surface area contributed by atoms with Crippen LogP contribution in [-0.4, -0.2) is 17.6 Å². The Bertz CT molecular complexity index is 1180. The van der Waals surface area contributed by atoms with Crippen molar-refractivity contribution in [2.75, 3.05) is 7.11 Å². The number of fused-ring (bicyclic) bond motifs is 1. The molecule has 0 spiro atoms. The fraction of sp³-hybridized carbons (Fsp3) is 0.130. The van der Waals surface area contributed by atoms with Gasteiger partial charge in [-0.1, -0.05) is 54.6 Å². The van der Waals surface area contributed by atoms with Gasteiger partial charge in [0.1, 0.15) is 12.3 Å². The van der Waals surface area contributed by atoms with E-state index in [4.69, 9.17) is 9.15 Å². The van der Waals surface area contributed by atoms with Crippen LogP contribution in [-0.2, 0) is 11.3 Å². The largest absolute Gasteiger partial charge is 0.497 e. The van der Waals surface area contributed by atoms with Crippen LogP contribution in [0.5, 0.6) is 5.75 Å². The van der Waals surface area contributed by atoms with Gasteiger partial charge in [0.15, 0.2) is 5.58 Å². The minimum Gasteiger partial charge on any atom is -0.497 e. The number of benzene rings is 3. The van der Waals surface area contributed by atoms with Gasteiger partial charge in [0.2, 0.25) is 5.91 Å². The monoisotopic (exact) mass is 388 g/mol. The van der Waals surface area contributed by atoms with Crippen LogP contribution < -0.4 is 15.8 Å². The SMILES string of the molecule is COc1ccc(C(NC(=O)Cn2c(=O)oc3ccccc32)c2ccccc2)cc1. The smallest absolute Gasteiger partial charge is 0.420 e. The molecular weight excluding hydrogens is 368 g/mol. The van der Waals surface area contributed by atoms with Crippen molar-refractivity contribution >= 4 is 17.0 Å². The summed E-state index contributed by atoms with van der Waals surface area (Å²) < 4.78 is 11.8. The second-order valence-electron chi connectivity index (χ2n) is 6.61. The van der Waals surface area contributed by atoms with Crippen molar-refractivity contribution in [2.24, 2.45) is 0 Å². The summed E-state index contributed by atoms with van der Waals surface area (Å²) >= 11 is 0. The maximum atomic E-state index is 12.8. The number of amides is 1. The molecule has 146 valence electrons. The van der Waals surface area contributed by atoms with Crippen molar-refractivity contribution in [3.8, 4) is 5.75 Å². The third-order valence-corrected chi connectivity index (χ3v) is 4.76. The van der Waals surface area contributed by atoms with Crippen LogP contribution in [0, 0.1) is 0 Å². The van der Waals surface area contributed by atoms with Crippen LogP contribution >= 0.6 is 0 Å². The Balaban J connectivity index is 1.62. The number of nitrogens with one attached hydrogen (secondary N) is 1. The van der Waals surface area contributed by atoms with Crippen LogP contribution in [0.4, 0.5) is 0 Å². The van der Waals surface area contributed by atoms with E-state index in [9.17, 15) is 9.59 Å². The summed E-state index contributed by atoms with van der Waals surface area (Å²) in [4.78, 5) is 25.0. The number of hydrogen-bond donors (Lipinski definition) is 1. The van der Waals surface area contributed by atoms with Gasteiger partial charge in [-0.3, -0.25) is 9.36 Å². The van der Waals surface area contributed by atoms with Gasteiger partial charge >= 0.3 is 5.76 Å². The zero-order valence-electron chi connectivity index (χ0n) is 15.9. The number of para-hydroxylation sites is 2. The van der Waals surface area contributed by atoms with E-state index in [1.165, 1.54) is 4.57 Å². The number of nitrogens with zero attached hydrogens (tertiary/aromatic N) is 1. The van der Waals surface area contributed by atoms with Gasteiger partial charge in [-0.15, -0.1) is 0 Å². The second kappa shape index (κ2) is 8.06. The Morgan fingerprint density at radius 1 is 0.966 bits per heavy atom. The van der Waals surface area contributed by atoms with Crippen molar-refractivity contribution in [3.63, 3.8) is 0 Å². The number of rotatable bonds is 6. The highest BCUT2D eigenvalue weighted by molar-refractivity contribution is 5.80. The van der Waals surface area contributed by atoms with E-state index in [2.05, 4.69) is 5.32 Å². The molecule has 1 atom stereocenters. The van der Waals surface area contributed by atoms with E-state index >= 15 is 0 Å². The Morgan fingerprint density at radius 2 is 1.62 bits per heavy atom. The van der Waals surface area contributed by atoms with Crippen molar-refractivity contribution < 1.29 is 13.9 Å². The highest BCUT2D eigenvalue weighted by atomic mass is 16.5. The first-order valence-electron chi connectivity index (χ1n) is 9.22. The lowest BCUT2D eigenvalue weighted by molar-refractivity contribution is -0.122. The number of methoxy groups -OCH3 is 1. The zero-order valence-corrected chi connectivity index (χ0v) is 15.9. The molecular formula is C23H20N2O4. The molecule has 0 bridgehead atoms. The van der Waals surface area contributed by atoms with Gasteiger partial charge in [0.05, 0.1) is 18.7 Å². The van der Waals surface area contributed by atoms with Gasteiger partial charge in [-0.2, -0.15) is 0 Å². The molecule has 4 rings (SSSR count). The molecule has 4 aromatic rings. The molecule has 0 saturated carbocycles. The summed E-state index contributed by atoms with van der Waals surface area (Å²) in [7, 11) is 1.61. The highest BCUT2D eigenvalue weighted by Crippen LogP contribution is 2.24. The molecule has 0 aliphatic heterocycles. The lowest BCUT2D eigenvalue weighted by Gasteiger charge is -2.20. The minimum atomic E-state index is -0.554. The summed E-state index contributed by atoms with van der Waals surface area (Å²) in [6, 6.07) is 23.9. The molecule has 0 aliphatic rings. The average Bonchev–Trinajstić information content (AvgIpc) is 3.08. The Kier molecular flexibility index (Phi) is 5.16. The van der Waals surface area contributed by atoms with Crippen LogP contribution in [0.1, 0.15) is 17.2 Å². The standard InChI is InChI=1S/C23H20N2O4/c1-28-18-13-11-17(12-14-18)22(16-7-3-2-4-8-16)24-21(26)15-25-19-9-5-6-10-20(19)29-23(25)27/h2-14,22H,15H2,1H3,(H,24,26). The molecule has 0 fully saturated rings. The number of ether oxygens (including phenoxy) is 1. The van der Waals surface area contributed by atoms with Gasteiger partial charge in [-0.05, 0) is 35.4 Å². The van der Waals surface area contributed by atoms with Crippen LogP contribution in [0.15, 0.2) is 88.1 Å². The molecule has 1 amide bonds. The highest BCUT2D eigenvalue weighted by Gasteiger charge is 2.19. The van der Waals surface area contributed by atoms with E-state index in [-0.39, 0.29) is 18.5 Å². The predicted octanol–water partition coefficient (Wildman–Crippen LogP) is 3.51. The number of oxazole rings is 1. The van der Waals surface area contributed by atoms with Crippen molar-refractivity contribution in [3.05, 3.63) is 101 Å². The van der Waals surface area contributed by atoms with E-state index in [1.807, 2.05) is 54.6 Å². The molecule has 6 heteroatoms. The molecule has 1 N–H and O–H groups in total. The van der Waals surface area contributed by atoms with Crippen molar-refractivity contribution in [1.29, 1.82) is 0 Å². The lowest BCUT2D eigenvalue weighted by atomic mass is 9.98. The van der Waals surface area contributed by atoms with Crippen LogP contribution in [0.25, 0.3) is 11.1 Å². The Hall–Kier alpha value is -3.80. The lowest BCUT2D eigenvalue weighted by Crippen LogP contribution is -2.34. The molecule has 0 radical (unpaired) electrons. The molecule has 3 aromatic carbocycles. The zero-order chi connectivity index (χ0) is 20.2. The molecule has 1 aromatic heterocycles. The first-order valence-corrected chi connectivity index (χ1v) is 9.22. The Labute approximate surface area is 167 Å². The van der Waals surface area contributed by atoms with Crippen LogP contribution in [0.2, 0.25) is 0 Å². The van der Waals surface area contributed by atoms with Gasteiger partial charge in [-0.25, -0.2) is 4.79 Å². The molecule has 1 unspecified atom stereocenters. The fourth-order valence-electron chi connectivity index (χ4n) is 3.31. The molecule has 6 nitrogen and oxygen atoms in total. The van der Waals surface area contributed by atoms with Crippen molar-refractivity contribution in [1.82, 2.24) is 9.88 Å². The number of hydrogen-bond acceptors (Lipinski definition) is 4. The molecule has 0 aliphatic carbocycles. The van der Waals surface area contributed by atoms with Gasteiger partial charge in [0, 0.05) is 0 Å². The van der Waals surface area contributed by atoms with E-state index < -0.39 is 5.76 Å². The molecule has 29 heavy (non-hydrogen) atoms. The summed E-state index contributed by atoms with van der Waals surface area (Å²) in [5.74, 6) is -0.103. The summed E-state index contributed by atoms with van der Waals surface area (Å²) in [5.41, 5.74) is 2.90. The van der Waals surface area contributed by atoms with Gasteiger partial charge in [0.25, 0.3) is 0 Å². The van der Waals surface area contributed by atoms with Gasteiger partial charge < -0.3 is 14.5 Å². The first-order chi connectivity index (χ1) is 14.2. The summed E-state index contributed by atoms with van der Waals surface area (Å²) in [6.45, 7) is -0.130. The summed E-state index contributed by atoms with van der Waals surface area (Å²) in [6.07, 6.45) is 0. The number of carbonyl (C=O) groups is 1. The van der Waals surface area contributed by atoms with E-state index in [0.717, 1.165) is 16.9 Å². The first kappa shape index (κ1) is 18.6. The number of carbonyl (C=O) groups excluding carboxylic acids is 1. The van der Waals surface area contributed by atoms with Crippen molar-refractivity contribution in [2.45, 2.75) is 12.6 Å². The Morgan fingerprint density at radius 3 is 2.34 bits per heavy atom.